The maximum atomic E-state index is 5.56. The number of nitrogens with zero attached hydrogens (tertiary/aromatic N) is 3. The topological polar surface area (TPSA) is 56.7 Å². The highest BCUT2D eigenvalue weighted by Crippen LogP contribution is 2.26. The average molecular weight is 194 g/mol. The van der Waals surface area contributed by atoms with Crippen LogP contribution >= 0.6 is 0 Å². The van der Waals surface area contributed by atoms with Gasteiger partial charge in [0.2, 0.25) is 0 Å². The molecule has 0 aromatic carbocycles. The number of hydrogen-bond donors (Lipinski definition) is 1. The van der Waals surface area contributed by atoms with Gasteiger partial charge in [-0.15, -0.1) is 5.10 Å². The molecule has 2 N–H and O–H groups in total. The number of hydrogen-bond acceptors (Lipinski definition) is 3. The third-order valence-corrected chi connectivity index (χ3v) is 3.18. The number of aromatic nitrogens is 3. The van der Waals surface area contributed by atoms with Crippen LogP contribution in [0.2, 0.25) is 0 Å². The van der Waals surface area contributed by atoms with E-state index >= 15 is 0 Å². The Bertz CT molecular complexity index is 299. The molecule has 0 spiro atoms. The molecule has 1 heterocycles. The van der Waals surface area contributed by atoms with E-state index in [9.17, 15) is 0 Å². The van der Waals surface area contributed by atoms with Crippen LogP contribution in [0.1, 0.15) is 37.1 Å². The summed E-state index contributed by atoms with van der Waals surface area (Å²) in [5.41, 5.74) is 7.63. The van der Waals surface area contributed by atoms with Gasteiger partial charge in [-0.25, -0.2) is 4.68 Å². The van der Waals surface area contributed by atoms with Gasteiger partial charge in [0.1, 0.15) is 0 Å². The largest absolute Gasteiger partial charge is 0.325 e. The molecule has 1 aliphatic rings. The fourth-order valence-electron chi connectivity index (χ4n) is 2.20. The van der Waals surface area contributed by atoms with E-state index in [2.05, 4.69) is 17.2 Å². The van der Waals surface area contributed by atoms with Crippen LogP contribution < -0.4 is 5.73 Å². The van der Waals surface area contributed by atoms with Gasteiger partial charge >= 0.3 is 0 Å². The third kappa shape index (κ3) is 1.80. The minimum absolute atomic E-state index is 0.497. The molecule has 1 aromatic rings. The predicted molar refractivity (Wildman–Crippen MR) is 54.6 cm³/mol. The van der Waals surface area contributed by atoms with E-state index in [4.69, 9.17) is 5.73 Å². The predicted octanol–water partition coefficient (Wildman–Crippen LogP) is 1.24. The standard InChI is InChI=1S/C10H18N4/c1-8-10(6-11)12-13-14(8)7-9-4-2-3-5-9/h9H,2-7,11H2,1H3. The van der Waals surface area contributed by atoms with E-state index in [1.807, 2.05) is 4.68 Å². The second-order valence-corrected chi connectivity index (χ2v) is 4.16. The molecule has 0 aliphatic heterocycles. The van der Waals surface area contributed by atoms with Crippen LogP contribution in [0.4, 0.5) is 0 Å². The van der Waals surface area contributed by atoms with Crippen molar-refractivity contribution in [3.63, 3.8) is 0 Å². The molecule has 14 heavy (non-hydrogen) atoms. The van der Waals surface area contributed by atoms with E-state index in [1.54, 1.807) is 0 Å². The van der Waals surface area contributed by atoms with Crippen molar-refractivity contribution in [1.29, 1.82) is 0 Å². The first kappa shape index (κ1) is 9.65. The lowest BCUT2D eigenvalue weighted by atomic mass is 10.1. The van der Waals surface area contributed by atoms with Crippen molar-refractivity contribution >= 4 is 0 Å². The van der Waals surface area contributed by atoms with Crippen LogP contribution in [0.15, 0.2) is 0 Å². The Balaban J connectivity index is 2.04. The monoisotopic (exact) mass is 194 g/mol. The lowest BCUT2D eigenvalue weighted by molar-refractivity contribution is 0.416. The van der Waals surface area contributed by atoms with Gasteiger partial charge in [-0.2, -0.15) is 0 Å². The quantitative estimate of drug-likeness (QED) is 0.787. The number of nitrogens with two attached hydrogens (primary N) is 1. The highest BCUT2D eigenvalue weighted by molar-refractivity contribution is 5.06. The molecule has 0 amide bonds. The van der Waals surface area contributed by atoms with Gasteiger partial charge in [0, 0.05) is 13.1 Å². The summed E-state index contributed by atoms with van der Waals surface area (Å²) in [5.74, 6) is 0.807. The van der Waals surface area contributed by atoms with Gasteiger partial charge < -0.3 is 5.73 Å². The molecule has 1 saturated carbocycles. The van der Waals surface area contributed by atoms with E-state index in [-0.39, 0.29) is 0 Å². The SMILES string of the molecule is Cc1c(CN)nnn1CC1CCCC1. The Morgan fingerprint density at radius 2 is 2.14 bits per heavy atom. The lowest BCUT2D eigenvalue weighted by Gasteiger charge is -2.09. The molecule has 78 valence electrons. The van der Waals surface area contributed by atoms with Crippen molar-refractivity contribution in [3.8, 4) is 0 Å². The van der Waals surface area contributed by atoms with Crippen LogP contribution in [0.25, 0.3) is 0 Å². The normalized spacial score (nSPS) is 17.9. The molecule has 2 rings (SSSR count). The minimum atomic E-state index is 0.497. The van der Waals surface area contributed by atoms with Crippen molar-refractivity contribution in [1.82, 2.24) is 15.0 Å². The van der Waals surface area contributed by atoms with Gasteiger partial charge in [-0.05, 0) is 25.7 Å². The average Bonchev–Trinajstić information content (AvgIpc) is 2.79. The molecule has 0 bridgehead atoms. The maximum Gasteiger partial charge on any atom is 0.0991 e. The molecule has 1 aromatic heterocycles. The lowest BCUT2D eigenvalue weighted by Crippen LogP contribution is -2.11. The fourth-order valence-corrected chi connectivity index (χ4v) is 2.20. The van der Waals surface area contributed by atoms with E-state index in [0.29, 0.717) is 6.54 Å². The van der Waals surface area contributed by atoms with Crippen molar-refractivity contribution in [2.24, 2.45) is 11.7 Å². The molecule has 1 fully saturated rings. The van der Waals surface area contributed by atoms with Crippen molar-refractivity contribution < 1.29 is 0 Å². The van der Waals surface area contributed by atoms with Crippen LogP contribution in [0, 0.1) is 12.8 Å². The molecular formula is C10H18N4. The van der Waals surface area contributed by atoms with Gasteiger partial charge in [-0.3, -0.25) is 0 Å². The van der Waals surface area contributed by atoms with E-state index in [1.165, 1.54) is 25.7 Å². The summed E-state index contributed by atoms with van der Waals surface area (Å²) >= 11 is 0. The Morgan fingerprint density at radius 1 is 1.43 bits per heavy atom. The van der Waals surface area contributed by atoms with Crippen LogP contribution in [-0.2, 0) is 13.1 Å². The summed E-state index contributed by atoms with van der Waals surface area (Å²) in [6, 6.07) is 0. The summed E-state index contributed by atoms with van der Waals surface area (Å²) in [7, 11) is 0. The second-order valence-electron chi connectivity index (χ2n) is 4.16. The van der Waals surface area contributed by atoms with Gasteiger partial charge in [0.15, 0.2) is 0 Å². The zero-order valence-electron chi connectivity index (χ0n) is 8.74. The summed E-state index contributed by atoms with van der Waals surface area (Å²) in [5, 5.41) is 8.20. The van der Waals surface area contributed by atoms with Crippen LogP contribution in [0.5, 0.6) is 0 Å². The Morgan fingerprint density at radius 3 is 2.71 bits per heavy atom. The zero-order chi connectivity index (χ0) is 9.97. The van der Waals surface area contributed by atoms with E-state index in [0.717, 1.165) is 23.9 Å². The highest BCUT2D eigenvalue weighted by Gasteiger charge is 2.17. The van der Waals surface area contributed by atoms with Crippen molar-refractivity contribution in [2.75, 3.05) is 0 Å². The van der Waals surface area contributed by atoms with E-state index < -0.39 is 0 Å². The Hall–Kier alpha value is -0.900. The first-order valence-electron chi connectivity index (χ1n) is 5.40. The molecule has 0 radical (unpaired) electrons. The zero-order valence-corrected chi connectivity index (χ0v) is 8.74. The maximum absolute atomic E-state index is 5.56. The minimum Gasteiger partial charge on any atom is -0.325 e. The molecule has 4 nitrogen and oxygen atoms in total. The van der Waals surface area contributed by atoms with Crippen molar-refractivity contribution in [2.45, 2.75) is 45.7 Å². The molecular weight excluding hydrogens is 176 g/mol. The Labute approximate surface area is 84.5 Å². The summed E-state index contributed by atoms with van der Waals surface area (Å²) < 4.78 is 2.01. The summed E-state index contributed by atoms with van der Waals surface area (Å²) in [6.45, 7) is 3.58. The first-order chi connectivity index (χ1) is 6.81. The summed E-state index contributed by atoms with van der Waals surface area (Å²) in [4.78, 5) is 0. The van der Waals surface area contributed by atoms with Gasteiger partial charge in [0.05, 0.1) is 11.4 Å². The van der Waals surface area contributed by atoms with Gasteiger partial charge in [0.25, 0.3) is 0 Å². The highest BCUT2D eigenvalue weighted by atomic mass is 15.4. The fraction of sp³-hybridized carbons (Fsp3) is 0.800. The van der Waals surface area contributed by atoms with Crippen LogP contribution in [0.3, 0.4) is 0 Å². The first-order valence-corrected chi connectivity index (χ1v) is 5.40. The molecule has 0 saturated heterocycles. The van der Waals surface area contributed by atoms with Gasteiger partial charge in [-0.1, -0.05) is 18.1 Å². The Kier molecular flexibility index (Phi) is 2.82. The third-order valence-electron chi connectivity index (χ3n) is 3.18. The second kappa shape index (κ2) is 4.09. The molecule has 0 unspecified atom stereocenters. The molecule has 4 heteroatoms. The molecule has 0 atom stereocenters. The molecule has 1 aliphatic carbocycles. The van der Waals surface area contributed by atoms with Crippen molar-refractivity contribution in [3.05, 3.63) is 11.4 Å². The smallest absolute Gasteiger partial charge is 0.0991 e. The number of rotatable bonds is 3. The summed E-state index contributed by atoms with van der Waals surface area (Å²) in [6.07, 6.45) is 5.44. The van der Waals surface area contributed by atoms with Crippen LogP contribution in [-0.4, -0.2) is 15.0 Å².